The van der Waals surface area contributed by atoms with E-state index in [0.717, 1.165) is 10.6 Å². The summed E-state index contributed by atoms with van der Waals surface area (Å²) in [5, 5.41) is 9.60. The van der Waals surface area contributed by atoms with Gasteiger partial charge in [-0.15, -0.1) is 11.3 Å². The Morgan fingerprint density at radius 2 is 2.00 bits per heavy atom. The summed E-state index contributed by atoms with van der Waals surface area (Å²) in [7, 11) is 0. The Morgan fingerprint density at radius 3 is 2.59 bits per heavy atom. The van der Waals surface area contributed by atoms with Crippen molar-refractivity contribution < 1.29 is 14.7 Å². The number of nitrogens with zero attached hydrogens (tertiary/aromatic N) is 2. The number of amides is 1. The number of rotatable bonds is 3. The number of carbonyl (C=O) groups is 2. The van der Waals surface area contributed by atoms with Crippen LogP contribution in [0.15, 0.2) is 23.2 Å². The molecule has 1 aromatic heterocycles. The van der Waals surface area contributed by atoms with E-state index in [9.17, 15) is 9.59 Å². The average molecular weight is 359 g/mol. The van der Waals surface area contributed by atoms with Gasteiger partial charge >= 0.3 is 5.97 Å². The van der Waals surface area contributed by atoms with Crippen LogP contribution in [0.5, 0.6) is 0 Å². The van der Waals surface area contributed by atoms with Gasteiger partial charge in [-0.1, -0.05) is 23.2 Å². The highest BCUT2D eigenvalue weighted by molar-refractivity contribution is 7.09. The Morgan fingerprint density at radius 1 is 1.32 bits per heavy atom. The molecule has 1 amide bonds. The molecule has 1 heterocycles. The molecule has 2 aromatic rings. The summed E-state index contributed by atoms with van der Waals surface area (Å²) in [6.07, 6.45) is 0. The first-order valence-electron chi connectivity index (χ1n) is 6.22. The molecule has 0 atom stereocenters. The van der Waals surface area contributed by atoms with Crippen molar-refractivity contribution in [3.05, 3.63) is 49.2 Å². The van der Waals surface area contributed by atoms with E-state index >= 15 is 0 Å². The molecule has 2 rings (SSSR count). The van der Waals surface area contributed by atoms with E-state index in [1.54, 1.807) is 13.0 Å². The van der Waals surface area contributed by atoms with Gasteiger partial charge in [-0.2, -0.15) is 4.99 Å². The molecule has 22 heavy (non-hydrogen) atoms. The van der Waals surface area contributed by atoms with Crippen LogP contribution >= 0.6 is 34.5 Å². The van der Waals surface area contributed by atoms with Crippen LogP contribution < -0.4 is 4.80 Å². The largest absolute Gasteiger partial charge is 0.480 e. The number of aryl methyl sites for hydroxylation is 1. The van der Waals surface area contributed by atoms with Crippen LogP contribution in [0.1, 0.15) is 20.9 Å². The quantitative estimate of drug-likeness (QED) is 0.914. The fourth-order valence-corrected chi connectivity index (χ4v) is 3.28. The van der Waals surface area contributed by atoms with Crippen LogP contribution in [-0.2, 0) is 11.3 Å². The SMILES string of the molecule is Cc1sc(=NC(=O)c2ccc(Cl)cc2Cl)n(CC(=O)O)c1C. The minimum Gasteiger partial charge on any atom is -0.480 e. The van der Waals surface area contributed by atoms with Crippen molar-refractivity contribution in [2.75, 3.05) is 0 Å². The predicted molar refractivity (Wildman–Crippen MR) is 85.8 cm³/mol. The minimum atomic E-state index is -1.00. The molecular formula is C14H12Cl2N2O3S. The monoisotopic (exact) mass is 358 g/mol. The van der Waals surface area contributed by atoms with E-state index < -0.39 is 11.9 Å². The summed E-state index contributed by atoms with van der Waals surface area (Å²) >= 11 is 13.0. The molecule has 0 bridgehead atoms. The number of hydrogen-bond acceptors (Lipinski definition) is 3. The predicted octanol–water partition coefficient (Wildman–Crippen LogP) is 3.30. The van der Waals surface area contributed by atoms with E-state index in [1.165, 1.54) is 28.0 Å². The number of carbonyl (C=O) groups excluding carboxylic acids is 1. The fraction of sp³-hybridized carbons (Fsp3) is 0.214. The van der Waals surface area contributed by atoms with Gasteiger partial charge in [0, 0.05) is 15.6 Å². The number of hydrogen-bond donors (Lipinski definition) is 1. The first-order valence-corrected chi connectivity index (χ1v) is 7.79. The van der Waals surface area contributed by atoms with E-state index in [2.05, 4.69) is 4.99 Å². The molecule has 0 unspecified atom stereocenters. The molecule has 0 fully saturated rings. The van der Waals surface area contributed by atoms with Crippen LogP contribution in [0.3, 0.4) is 0 Å². The number of carboxylic acids is 1. The standard InChI is InChI=1S/C14H12Cl2N2O3S/c1-7-8(2)22-14(18(7)6-12(19)20)17-13(21)10-4-3-9(15)5-11(10)16/h3-5H,6H2,1-2H3,(H,19,20). The zero-order chi connectivity index (χ0) is 16.4. The Kier molecular flexibility index (Phi) is 5.05. The summed E-state index contributed by atoms with van der Waals surface area (Å²) < 4.78 is 1.49. The lowest BCUT2D eigenvalue weighted by Crippen LogP contribution is -2.22. The summed E-state index contributed by atoms with van der Waals surface area (Å²) in [5.74, 6) is -1.54. The van der Waals surface area contributed by atoms with Crippen molar-refractivity contribution in [2.24, 2.45) is 4.99 Å². The van der Waals surface area contributed by atoms with Gasteiger partial charge in [-0.05, 0) is 32.0 Å². The first kappa shape index (κ1) is 16.7. The molecule has 0 saturated heterocycles. The van der Waals surface area contributed by atoms with E-state index in [0.29, 0.717) is 9.82 Å². The number of aromatic nitrogens is 1. The number of halogens is 2. The van der Waals surface area contributed by atoms with E-state index in [4.69, 9.17) is 28.3 Å². The smallest absolute Gasteiger partial charge is 0.323 e. The Labute approximate surface area is 140 Å². The molecule has 0 spiro atoms. The highest BCUT2D eigenvalue weighted by Gasteiger charge is 2.13. The molecule has 0 saturated carbocycles. The van der Waals surface area contributed by atoms with Crippen molar-refractivity contribution >= 4 is 46.4 Å². The Bertz CT molecular complexity index is 824. The third kappa shape index (κ3) is 3.58. The molecule has 1 N–H and O–H groups in total. The Hall–Kier alpha value is -1.63. The van der Waals surface area contributed by atoms with Gasteiger partial charge < -0.3 is 9.67 Å². The van der Waals surface area contributed by atoms with Crippen molar-refractivity contribution in [1.29, 1.82) is 0 Å². The molecular weight excluding hydrogens is 347 g/mol. The lowest BCUT2D eigenvalue weighted by atomic mass is 10.2. The van der Waals surface area contributed by atoms with Gasteiger partial charge in [0.1, 0.15) is 6.54 Å². The summed E-state index contributed by atoms with van der Waals surface area (Å²) in [6.45, 7) is 3.38. The number of thiazole rings is 1. The molecule has 0 radical (unpaired) electrons. The maximum Gasteiger partial charge on any atom is 0.323 e. The Balaban J connectivity index is 2.51. The fourth-order valence-electron chi connectivity index (χ4n) is 1.81. The molecule has 0 aliphatic rings. The van der Waals surface area contributed by atoms with Gasteiger partial charge in [0.15, 0.2) is 4.80 Å². The average Bonchev–Trinajstić information content (AvgIpc) is 2.66. The topological polar surface area (TPSA) is 71.7 Å². The van der Waals surface area contributed by atoms with Gasteiger partial charge in [0.05, 0.1) is 10.6 Å². The van der Waals surface area contributed by atoms with Crippen molar-refractivity contribution in [3.8, 4) is 0 Å². The van der Waals surface area contributed by atoms with Gasteiger partial charge in [-0.3, -0.25) is 9.59 Å². The zero-order valence-corrected chi connectivity index (χ0v) is 14.1. The minimum absolute atomic E-state index is 0.205. The second kappa shape index (κ2) is 6.64. The number of carboxylic acid groups (broad SMARTS) is 1. The van der Waals surface area contributed by atoms with Crippen LogP contribution in [0.25, 0.3) is 0 Å². The van der Waals surface area contributed by atoms with Crippen molar-refractivity contribution in [3.63, 3.8) is 0 Å². The zero-order valence-electron chi connectivity index (χ0n) is 11.8. The second-order valence-electron chi connectivity index (χ2n) is 4.55. The second-order valence-corrected chi connectivity index (χ2v) is 6.57. The lowest BCUT2D eigenvalue weighted by Gasteiger charge is -2.02. The highest BCUT2D eigenvalue weighted by Crippen LogP contribution is 2.21. The summed E-state index contributed by atoms with van der Waals surface area (Å²) in [6, 6.07) is 4.50. The van der Waals surface area contributed by atoms with Crippen LogP contribution in [0.4, 0.5) is 0 Å². The maximum absolute atomic E-state index is 12.3. The lowest BCUT2D eigenvalue weighted by molar-refractivity contribution is -0.137. The van der Waals surface area contributed by atoms with E-state index in [-0.39, 0.29) is 17.1 Å². The molecule has 1 aromatic carbocycles. The maximum atomic E-state index is 12.3. The molecule has 0 aliphatic carbocycles. The first-order chi connectivity index (χ1) is 10.3. The van der Waals surface area contributed by atoms with Crippen LogP contribution in [0, 0.1) is 13.8 Å². The number of aliphatic carboxylic acids is 1. The highest BCUT2D eigenvalue weighted by atomic mass is 35.5. The normalized spacial score (nSPS) is 11.7. The van der Waals surface area contributed by atoms with Crippen LogP contribution in [-0.4, -0.2) is 21.6 Å². The van der Waals surface area contributed by atoms with Crippen LogP contribution in [0.2, 0.25) is 10.0 Å². The molecule has 5 nitrogen and oxygen atoms in total. The summed E-state index contributed by atoms with van der Waals surface area (Å²) in [4.78, 5) is 28.4. The molecule has 0 aliphatic heterocycles. The molecule has 8 heteroatoms. The molecule has 116 valence electrons. The van der Waals surface area contributed by atoms with Crippen molar-refractivity contribution in [1.82, 2.24) is 4.57 Å². The van der Waals surface area contributed by atoms with Crippen molar-refractivity contribution in [2.45, 2.75) is 20.4 Å². The third-order valence-electron chi connectivity index (χ3n) is 3.04. The third-order valence-corrected chi connectivity index (χ3v) is 4.69. The van der Waals surface area contributed by atoms with Gasteiger partial charge in [-0.25, -0.2) is 0 Å². The number of benzene rings is 1. The van der Waals surface area contributed by atoms with Gasteiger partial charge in [0.25, 0.3) is 5.91 Å². The van der Waals surface area contributed by atoms with Gasteiger partial charge in [0.2, 0.25) is 0 Å². The van der Waals surface area contributed by atoms with E-state index in [1.807, 2.05) is 6.92 Å². The summed E-state index contributed by atoms with van der Waals surface area (Å²) in [5.41, 5.74) is 0.984.